The van der Waals surface area contributed by atoms with E-state index in [-0.39, 0.29) is 0 Å². The Morgan fingerprint density at radius 3 is 2.11 bits per heavy atom. The molecule has 110 valence electrons. The average molecular weight is 256 g/mol. The van der Waals surface area contributed by atoms with Gasteiger partial charge in [0, 0.05) is 18.1 Å². The molecule has 2 unspecified atom stereocenters. The lowest BCUT2D eigenvalue weighted by Crippen LogP contribution is -2.43. The van der Waals surface area contributed by atoms with E-state index in [1.807, 2.05) is 0 Å². The second kappa shape index (κ2) is 10.8. The molecule has 0 amide bonds. The Morgan fingerprint density at radius 1 is 0.944 bits per heavy atom. The molecule has 0 spiro atoms. The molecule has 0 heterocycles. The molecule has 0 saturated carbocycles. The van der Waals surface area contributed by atoms with Crippen molar-refractivity contribution in [3.8, 4) is 0 Å². The van der Waals surface area contributed by atoms with Crippen molar-refractivity contribution in [1.82, 2.24) is 10.2 Å². The molecule has 0 fully saturated rings. The number of nitrogens with zero attached hydrogens (tertiary/aromatic N) is 1. The summed E-state index contributed by atoms with van der Waals surface area (Å²) in [6.45, 7) is 16.3. The quantitative estimate of drug-likeness (QED) is 0.561. The summed E-state index contributed by atoms with van der Waals surface area (Å²) in [5.74, 6) is 0. The monoisotopic (exact) mass is 256 g/mol. The lowest BCUT2D eigenvalue weighted by molar-refractivity contribution is 0.145. The van der Waals surface area contributed by atoms with Gasteiger partial charge in [0.2, 0.25) is 0 Å². The van der Waals surface area contributed by atoms with Crippen LogP contribution in [0.5, 0.6) is 0 Å². The zero-order valence-corrected chi connectivity index (χ0v) is 13.6. The Kier molecular flexibility index (Phi) is 10.8. The van der Waals surface area contributed by atoms with Gasteiger partial charge in [-0.3, -0.25) is 4.90 Å². The van der Waals surface area contributed by atoms with E-state index in [2.05, 4.69) is 51.8 Å². The molecule has 0 rings (SSSR count). The first kappa shape index (κ1) is 17.9. The summed E-state index contributed by atoms with van der Waals surface area (Å²) in [4.78, 5) is 2.67. The predicted octanol–water partition coefficient (Wildman–Crippen LogP) is 4.05. The molecular formula is C16H36N2. The van der Waals surface area contributed by atoms with Crippen LogP contribution in [0.15, 0.2) is 0 Å². The Bertz CT molecular complexity index is 180. The molecule has 0 bridgehead atoms. The topological polar surface area (TPSA) is 15.3 Å². The zero-order valence-electron chi connectivity index (χ0n) is 13.6. The van der Waals surface area contributed by atoms with Crippen molar-refractivity contribution in [3.05, 3.63) is 0 Å². The molecule has 18 heavy (non-hydrogen) atoms. The maximum atomic E-state index is 3.60. The molecule has 0 aromatic heterocycles. The van der Waals surface area contributed by atoms with Gasteiger partial charge in [0.25, 0.3) is 0 Å². The Morgan fingerprint density at radius 2 is 1.61 bits per heavy atom. The number of unbranched alkanes of at least 4 members (excludes halogenated alkanes) is 2. The zero-order chi connectivity index (χ0) is 14.0. The number of rotatable bonds is 11. The van der Waals surface area contributed by atoms with E-state index in [0.717, 1.165) is 6.54 Å². The first-order valence-electron chi connectivity index (χ1n) is 8.01. The van der Waals surface area contributed by atoms with E-state index in [9.17, 15) is 0 Å². The van der Waals surface area contributed by atoms with Crippen molar-refractivity contribution < 1.29 is 0 Å². The molecule has 2 nitrogen and oxygen atoms in total. The number of hydrogen-bond acceptors (Lipinski definition) is 2. The Hall–Kier alpha value is -0.0800. The molecule has 0 aliphatic rings. The minimum absolute atomic E-state index is 0.632. The van der Waals surface area contributed by atoms with Crippen LogP contribution >= 0.6 is 0 Å². The molecule has 0 aliphatic carbocycles. The van der Waals surface area contributed by atoms with Gasteiger partial charge in [-0.05, 0) is 60.0 Å². The van der Waals surface area contributed by atoms with Crippen molar-refractivity contribution in [2.45, 2.75) is 91.8 Å². The highest BCUT2D eigenvalue weighted by Gasteiger charge is 2.18. The van der Waals surface area contributed by atoms with Crippen LogP contribution in [0, 0.1) is 0 Å². The molecule has 1 N–H and O–H groups in total. The highest BCUT2D eigenvalue weighted by atomic mass is 15.2. The summed E-state index contributed by atoms with van der Waals surface area (Å²) in [5.41, 5.74) is 0. The summed E-state index contributed by atoms with van der Waals surface area (Å²) in [7, 11) is 0. The highest BCUT2D eigenvalue weighted by molar-refractivity contribution is 4.75. The molecular weight excluding hydrogens is 220 g/mol. The van der Waals surface area contributed by atoms with Crippen LogP contribution in [0.1, 0.15) is 73.6 Å². The van der Waals surface area contributed by atoms with Gasteiger partial charge >= 0.3 is 0 Å². The molecule has 0 saturated heterocycles. The van der Waals surface area contributed by atoms with Gasteiger partial charge < -0.3 is 5.32 Å². The maximum absolute atomic E-state index is 3.60. The summed E-state index contributed by atoms with van der Waals surface area (Å²) in [6.07, 6.45) is 6.50. The molecule has 0 aromatic rings. The van der Waals surface area contributed by atoms with Crippen molar-refractivity contribution in [3.63, 3.8) is 0 Å². The summed E-state index contributed by atoms with van der Waals surface area (Å²) < 4.78 is 0. The van der Waals surface area contributed by atoms with Crippen molar-refractivity contribution >= 4 is 0 Å². The standard InChI is InChI=1S/C16H36N2/c1-7-9-10-12-18(14(3)4)16(6)13-15(5)17-11-8-2/h14-17H,7-13H2,1-6H3. The fourth-order valence-corrected chi connectivity index (χ4v) is 2.65. The van der Waals surface area contributed by atoms with Crippen LogP contribution in [0.3, 0.4) is 0 Å². The summed E-state index contributed by atoms with van der Waals surface area (Å²) in [5, 5.41) is 3.60. The third kappa shape index (κ3) is 8.10. The van der Waals surface area contributed by atoms with E-state index in [4.69, 9.17) is 0 Å². The second-order valence-electron chi connectivity index (χ2n) is 5.98. The SMILES string of the molecule is CCCCCN(C(C)C)C(C)CC(C)NCCC. The van der Waals surface area contributed by atoms with Gasteiger partial charge in [0.15, 0.2) is 0 Å². The van der Waals surface area contributed by atoms with Crippen LogP contribution in [0.25, 0.3) is 0 Å². The first-order chi connectivity index (χ1) is 8.52. The van der Waals surface area contributed by atoms with Crippen LogP contribution in [-0.2, 0) is 0 Å². The minimum atomic E-state index is 0.632. The Balaban J connectivity index is 4.07. The van der Waals surface area contributed by atoms with E-state index in [1.54, 1.807) is 0 Å². The van der Waals surface area contributed by atoms with E-state index in [1.165, 1.54) is 38.6 Å². The summed E-state index contributed by atoms with van der Waals surface area (Å²) in [6, 6.07) is 1.98. The lowest BCUT2D eigenvalue weighted by Gasteiger charge is -2.34. The smallest absolute Gasteiger partial charge is 0.00843 e. The third-order valence-electron chi connectivity index (χ3n) is 3.69. The number of hydrogen-bond donors (Lipinski definition) is 1. The van der Waals surface area contributed by atoms with Gasteiger partial charge in [0.1, 0.15) is 0 Å². The Labute approximate surface area is 116 Å². The third-order valence-corrected chi connectivity index (χ3v) is 3.69. The van der Waals surface area contributed by atoms with Crippen molar-refractivity contribution in [1.29, 1.82) is 0 Å². The van der Waals surface area contributed by atoms with Gasteiger partial charge in [-0.15, -0.1) is 0 Å². The van der Waals surface area contributed by atoms with Crippen LogP contribution in [-0.4, -0.2) is 36.1 Å². The van der Waals surface area contributed by atoms with Crippen LogP contribution in [0.4, 0.5) is 0 Å². The molecule has 0 aromatic carbocycles. The average Bonchev–Trinajstić information content (AvgIpc) is 2.31. The molecule has 0 radical (unpaired) electrons. The van der Waals surface area contributed by atoms with E-state index < -0.39 is 0 Å². The largest absolute Gasteiger partial charge is 0.314 e. The minimum Gasteiger partial charge on any atom is -0.314 e. The van der Waals surface area contributed by atoms with Crippen LogP contribution < -0.4 is 5.32 Å². The fraction of sp³-hybridized carbons (Fsp3) is 1.00. The molecule has 2 heteroatoms. The molecule has 2 atom stereocenters. The normalized spacial score (nSPS) is 15.3. The number of nitrogens with one attached hydrogen (secondary N) is 1. The predicted molar refractivity (Wildman–Crippen MR) is 83.2 cm³/mol. The van der Waals surface area contributed by atoms with Crippen LogP contribution in [0.2, 0.25) is 0 Å². The van der Waals surface area contributed by atoms with Crippen molar-refractivity contribution in [2.24, 2.45) is 0 Å². The van der Waals surface area contributed by atoms with Gasteiger partial charge in [-0.2, -0.15) is 0 Å². The van der Waals surface area contributed by atoms with Gasteiger partial charge in [0.05, 0.1) is 0 Å². The summed E-state index contributed by atoms with van der Waals surface area (Å²) >= 11 is 0. The van der Waals surface area contributed by atoms with Crippen molar-refractivity contribution in [2.75, 3.05) is 13.1 Å². The highest BCUT2D eigenvalue weighted by Crippen LogP contribution is 2.13. The van der Waals surface area contributed by atoms with Gasteiger partial charge in [-0.25, -0.2) is 0 Å². The van der Waals surface area contributed by atoms with E-state index >= 15 is 0 Å². The maximum Gasteiger partial charge on any atom is 0.00843 e. The van der Waals surface area contributed by atoms with E-state index in [0.29, 0.717) is 18.1 Å². The lowest BCUT2D eigenvalue weighted by atomic mass is 10.1. The second-order valence-corrected chi connectivity index (χ2v) is 5.98. The van der Waals surface area contributed by atoms with Gasteiger partial charge in [-0.1, -0.05) is 26.7 Å². The fourth-order valence-electron chi connectivity index (χ4n) is 2.65. The first-order valence-corrected chi connectivity index (χ1v) is 8.01. The molecule has 0 aliphatic heterocycles.